The van der Waals surface area contributed by atoms with E-state index in [4.69, 9.17) is 0 Å². The molecule has 0 unspecified atom stereocenters. The standard InChI is InChI=1S/C20H30FN3O/c1-15(2)23-11-13-24(14-12-23)20(25)16-7-9-17(10-8-16)22-19-6-4-3-5-18(19)21/h3-6,15-17,22H,7-14H2,1-2H3. The number of rotatable bonds is 4. The lowest BCUT2D eigenvalue weighted by Crippen LogP contribution is -2.52. The van der Waals surface area contributed by atoms with Gasteiger partial charge >= 0.3 is 0 Å². The topological polar surface area (TPSA) is 35.6 Å². The van der Waals surface area contributed by atoms with Crippen molar-refractivity contribution < 1.29 is 9.18 Å². The van der Waals surface area contributed by atoms with Gasteiger partial charge in [-0.1, -0.05) is 12.1 Å². The maximum atomic E-state index is 13.8. The second kappa shape index (κ2) is 8.17. The molecule has 2 fully saturated rings. The predicted molar refractivity (Wildman–Crippen MR) is 99.1 cm³/mol. The van der Waals surface area contributed by atoms with Gasteiger partial charge in [0.25, 0.3) is 0 Å². The van der Waals surface area contributed by atoms with E-state index >= 15 is 0 Å². The Morgan fingerprint density at radius 1 is 1.08 bits per heavy atom. The molecule has 1 heterocycles. The summed E-state index contributed by atoms with van der Waals surface area (Å²) in [5.41, 5.74) is 0.571. The lowest BCUT2D eigenvalue weighted by atomic mass is 9.85. The fraction of sp³-hybridized carbons (Fsp3) is 0.650. The van der Waals surface area contributed by atoms with Crippen molar-refractivity contribution in [2.24, 2.45) is 5.92 Å². The third-order valence-corrected chi connectivity index (χ3v) is 5.67. The average Bonchev–Trinajstić information content (AvgIpc) is 2.64. The summed E-state index contributed by atoms with van der Waals surface area (Å²) in [6.45, 7) is 8.08. The minimum atomic E-state index is -0.205. The van der Waals surface area contributed by atoms with Crippen LogP contribution in [0.25, 0.3) is 0 Å². The first-order chi connectivity index (χ1) is 12.0. The second-order valence-corrected chi connectivity index (χ2v) is 7.63. The van der Waals surface area contributed by atoms with E-state index in [2.05, 4.69) is 24.1 Å². The van der Waals surface area contributed by atoms with Crippen molar-refractivity contribution in [2.75, 3.05) is 31.5 Å². The van der Waals surface area contributed by atoms with E-state index in [1.165, 1.54) is 6.07 Å². The van der Waals surface area contributed by atoms with Crippen molar-refractivity contribution in [1.82, 2.24) is 9.80 Å². The Morgan fingerprint density at radius 3 is 2.32 bits per heavy atom. The predicted octanol–water partition coefficient (Wildman–Crippen LogP) is 3.35. The largest absolute Gasteiger partial charge is 0.380 e. The Balaban J connectivity index is 1.46. The molecule has 1 aliphatic heterocycles. The highest BCUT2D eigenvalue weighted by Crippen LogP contribution is 2.29. The van der Waals surface area contributed by atoms with Crippen molar-refractivity contribution in [3.05, 3.63) is 30.1 Å². The number of carbonyl (C=O) groups is 1. The monoisotopic (exact) mass is 347 g/mol. The highest BCUT2D eigenvalue weighted by Gasteiger charge is 2.31. The normalized spacial score (nSPS) is 25.2. The first-order valence-electron chi connectivity index (χ1n) is 9.58. The van der Waals surface area contributed by atoms with E-state index in [0.29, 0.717) is 17.6 Å². The lowest BCUT2D eigenvalue weighted by Gasteiger charge is -2.39. The molecular weight excluding hydrogens is 317 g/mol. The fourth-order valence-corrected chi connectivity index (χ4v) is 4.00. The van der Waals surface area contributed by atoms with Crippen LogP contribution in [0.4, 0.5) is 10.1 Å². The number of para-hydroxylation sites is 1. The number of anilines is 1. The van der Waals surface area contributed by atoms with Crippen molar-refractivity contribution in [2.45, 2.75) is 51.6 Å². The van der Waals surface area contributed by atoms with Gasteiger partial charge in [0, 0.05) is 44.2 Å². The summed E-state index contributed by atoms with van der Waals surface area (Å²) >= 11 is 0. The molecule has 0 aromatic heterocycles. The molecule has 4 nitrogen and oxygen atoms in total. The number of nitrogens with zero attached hydrogens (tertiary/aromatic N) is 2. The number of benzene rings is 1. The SMILES string of the molecule is CC(C)N1CCN(C(=O)C2CCC(Nc3ccccc3F)CC2)CC1. The zero-order valence-electron chi connectivity index (χ0n) is 15.4. The summed E-state index contributed by atoms with van der Waals surface area (Å²) in [6.07, 6.45) is 3.65. The van der Waals surface area contributed by atoms with Gasteiger partial charge < -0.3 is 10.2 Å². The first-order valence-corrected chi connectivity index (χ1v) is 9.58. The van der Waals surface area contributed by atoms with Crippen LogP contribution >= 0.6 is 0 Å². The number of carbonyl (C=O) groups excluding carboxylic acids is 1. The van der Waals surface area contributed by atoms with Crippen LogP contribution in [0.15, 0.2) is 24.3 Å². The van der Waals surface area contributed by atoms with Crippen LogP contribution in [0, 0.1) is 11.7 Å². The van der Waals surface area contributed by atoms with Crippen LogP contribution in [0.1, 0.15) is 39.5 Å². The fourth-order valence-electron chi connectivity index (χ4n) is 4.00. The molecule has 3 rings (SSSR count). The van der Waals surface area contributed by atoms with Gasteiger partial charge in [0.2, 0.25) is 5.91 Å². The molecule has 1 saturated heterocycles. The van der Waals surface area contributed by atoms with Gasteiger partial charge in [-0.2, -0.15) is 0 Å². The van der Waals surface area contributed by atoms with Gasteiger partial charge in [-0.25, -0.2) is 4.39 Å². The molecule has 1 amide bonds. The lowest BCUT2D eigenvalue weighted by molar-refractivity contribution is -0.138. The number of hydrogen-bond acceptors (Lipinski definition) is 3. The average molecular weight is 347 g/mol. The molecule has 0 radical (unpaired) electrons. The molecule has 0 spiro atoms. The van der Waals surface area contributed by atoms with Crippen molar-refractivity contribution in [3.63, 3.8) is 0 Å². The van der Waals surface area contributed by atoms with Crippen LogP contribution in [0.3, 0.4) is 0 Å². The molecule has 1 aromatic rings. The number of amides is 1. The third kappa shape index (κ3) is 4.51. The van der Waals surface area contributed by atoms with Crippen LogP contribution < -0.4 is 5.32 Å². The van der Waals surface area contributed by atoms with Gasteiger partial charge in [-0.05, 0) is 51.7 Å². The van der Waals surface area contributed by atoms with Gasteiger partial charge in [0.1, 0.15) is 5.82 Å². The van der Waals surface area contributed by atoms with Gasteiger partial charge in [0.05, 0.1) is 5.69 Å². The Kier molecular flexibility index (Phi) is 5.94. The van der Waals surface area contributed by atoms with Crippen LogP contribution in [-0.4, -0.2) is 54.0 Å². The van der Waals surface area contributed by atoms with E-state index in [9.17, 15) is 9.18 Å². The molecule has 1 saturated carbocycles. The van der Waals surface area contributed by atoms with Crippen molar-refractivity contribution in [3.8, 4) is 0 Å². The third-order valence-electron chi connectivity index (χ3n) is 5.67. The molecule has 5 heteroatoms. The van der Waals surface area contributed by atoms with E-state index < -0.39 is 0 Å². The molecule has 138 valence electrons. The molecule has 1 aliphatic carbocycles. The summed E-state index contributed by atoms with van der Waals surface area (Å²) in [4.78, 5) is 17.3. The quantitative estimate of drug-likeness (QED) is 0.907. The zero-order chi connectivity index (χ0) is 17.8. The molecule has 25 heavy (non-hydrogen) atoms. The number of hydrogen-bond donors (Lipinski definition) is 1. The molecule has 2 aliphatic rings. The Hall–Kier alpha value is -1.62. The number of piperazine rings is 1. The second-order valence-electron chi connectivity index (χ2n) is 7.63. The summed E-state index contributed by atoms with van der Waals surface area (Å²) in [5.74, 6) is 0.265. The maximum Gasteiger partial charge on any atom is 0.225 e. The maximum absolute atomic E-state index is 13.8. The molecule has 0 bridgehead atoms. The van der Waals surface area contributed by atoms with Crippen LogP contribution in [0.5, 0.6) is 0 Å². The smallest absolute Gasteiger partial charge is 0.225 e. The van der Waals surface area contributed by atoms with E-state index in [-0.39, 0.29) is 17.8 Å². The van der Waals surface area contributed by atoms with E-state index in [1.54, 1.807) is 12.1 Å². The minimum absolute atomic E-state index is 0.143. The van der Waals surface area contributed by atoms with E-state index in [1.807, 2.05) is 11.0 Å². The summed E-state index contributed by atoms with van der Waals surface area (Å²) < 4.78 is 13.8. The first kappa shape index (κ1) is 18.2. The number of halogens is 1. The van der Waals surface area contributed by atoms with Gasteiger partial charge in [0.15, 0.2) is 0 Å². The molecule has 1 aromatic carbocycles. The number of nitrogens with one attached hydrogen (secondary N) is 1. The Labute approximate surface area is 150 Å². The van der Waals surface area contributed by atoms with E-state index in [0.717, 1.165) is 51.9 Å². The van der Waals surface area contributed by atoms with Crippen LogP contribution in [0.2, 0.25) is 0 Å². The summed E-state index contributed by atoms with van der Waals surface area (Å²) in [7, 11) is 0. The van der Waals surface area contributed by atoms with Crippen LogP contribution in [-0.2, 0) is 4.79 Å². The summed E-state index contributed by atoms with van der Waals surface area (Å²) in [6, 6.07) is 7.62. The molecular formula is C20H30FN3O. The summed E-state index contributed by atoms with van der Waals surface area (Å²) in [5, 5.41) is 3.30. The highest BCUT2D eigenvalue weighted by atomic mass is 19.1. The Morgan fingerprint density at radius 2 is 1.72 bits per heavy atom. The van der Waals surface area contributed by atoms with Crippen molar-refractivity contribution >= 4 is 11.6 Å². The Bertz CT molecular complexity index is 576. The van der Waals surface area contributed by atoms with Gasteiger partial charge in [-0.3, -0.25) is 9.69 Å². The molecule has 0 atom stereocenters. The molecule has 1 N–H and O–H groups in total. The van der Waals surface area contributed by atoms with Crippen molar-refractivity contribution in [1.29, 1.82) is 0 Å². The zero-order valence-corrected chi connectivity index (χ0v) is 15.4. The van der Waals surface area contributed by atoms with Gasteiger partial charge in [-0.15, -0.1) is 0 Å². The minimum Gasteiger partial charge on any atom is -0.380 e. The highest BCUT2D eigenvalue weighted by molar-refractivity contribution is 5.79.